The van der Waals surface area contributed by atoms with Crippen LogP contribution in [0.1, 0.15) is 64.1 Å². The SMILES string of the molecule is CC(C)CCOC(C)CCn1cc(CNC(=O)CCCC#Cc2cnc(S(C)=O)nc2)nn1. The lowest BCUT2D eigenvalue weighted by Gasteiger charge is -2.13. The quantitative estimate of drug-likeness (QED) is 0.270. The van der Waals surface area contributed by atoms with Crippen LogP contribution >= 0.6 is 0 Å². The molecular formula is C23H34N6O3S. The van der Waals surface area contributed by atoms with Gasteiger partial charge in [0.1, 0.15) is 5.69 Å². The molecule has 2 aromatic heterocycles. The van der Waals surface area contributed by atoms with E-state index in [0.717, 1.165) is 31.7 Å². The molecule has 2 atom stereocenters. The number of hydrogen-bond acceptors (Lipinski definition) is 7. The molecule has 10 heteroatoms. The highest BCUT2D eigenvalue weighted by atomic mass is 32.2. The molecule has 180 valence electrons. The first kappa shape index (κ1) is 26.6. The predicted molar refractivity (Wildman–Crippen MR) is 126 cm³/mol. The Bertz CT molecular complexity index is 949. The maximum atomic E-state index is 12.0. The van der Waals surface area contributed by atoms with Crippen molar-refractivity contribution >= 4 is 16.7 Å². The van der Waals surface area contributed by atoms with E-state index in [4.69, 9.17) is 4.74 Å². The van der Waals surface area contributed by atoms with Gasteiger partial charge in [0.15, 0.2) is 0 Å². The fourth-order valence-electron chi connectivity index (χ4n) is 2.74. The Balaban J connectivity index is 1.60. The minimum atomic E-state index is -1.20. The molecule has 2 heterocycles. The minimum absolute atomic E-state index is 0.0448. The maximum absolute atomic E-state index is 12.0. The van der Waals surface area contributed by atoms with E-state index in [1.54, 1.807) is 17.1 Å². The van der Waals surface area contributed by atoms with Gasteiger partial charge in [-0.15, -0.1) is 5.10 Å². The van der Waals surface area contributed by atoms with Crippen molar-refractivity contribution in [1.29, 1.82) is 0 Å². The summed E-state index contributed by atoms with van der Waals surface area (Å²) < 4.78 is 18.9. The van der Waals surface area contributed by atoms with Crippen molar-refractivity contribution in [2.75, 3.05) is 12.9 Å². The molecule has 0 saturated heterocycles. The standard InChI is InChI=1S/C23H34N6O3S/c1-18(2)11-13-32-19(3)10-12-29-17-21(27-28-29)16-24-22(30)9-7-5-6-8-20-14-25-23(26-15-20)33(4)31/h14-15,17-19H,5,7,9-13,16H2,1-4H3,(H,24,30). The van der Waals surface area contributed by atoms with Crippen molar-refractivity contribution in [3.8, 4) is 11.8 Å². The summed E-state index contributed by atoms with van der Waals surface area (Å²) in [5.41, 5.74) is 1.39. The van der Waals surface area contributed by atoms with E-state index in [0.29, 0.717) is 37.3 Å². The molecular weight excluding hydrogens is 440 g/mol. The number of nitrogens with zero attached hydrogens (tertiary/aromatic N) is 5. The smallest absolute Gasteiger partial charge is 0.220 e. The number of rotatable bonds is 13. The molecule has 0 aliphatic heterocycles. The van der Waals surface area contributed by atoms with Gasteiger partial charge >= 0.3 is 0 Å². The van der Waals surface area contributed by atoms with Crippen LogP contribution in [0.25, 0.3) is 0 Å². The first-order chi connectivity index (χ1) is 15.8. The summed E-state index contributed by atoms with van der Waals surface area (Å²) in [6.45, 7) is 8.31. The van der Waals surface area contributed by atoms with Crippen LogP contribution in [0.15, 0.2) is 23.7 Å². The zero-order chi connectivity index (χ0) is 24.1. The second kappa shape index (κ2) is 14.5. The molecule has 0 fully saturated rings. The number of aryl methyl sites for hydroxylation is 1. The number of unbranched alkanes of at least 4 members (excludes halogenated alkanes) is 1. The van der Waals surface area contributed by atoms with E-state index in [2.05, 4.69) is 58.2 Å². The zero-order valence-corrected chi connectivity index (χ0v) is 20.7. The average Bonchev–Trinajstić information content (AvgIpc) is 3.24. The molecule has 9 nitrogen and oxygen atoms in total. The van der Waals surface area contributed by atoms with Crippen LogP contribution in [-0.2, 0) is 33.4 Å². The first-order valence-electron chi connectivity index (χ1n) is 11.2. The Morgan fingerprint density at radius 3 is 2.70 bits per heavy atom. The van der Waals surface area contributed by atoms with E-state index in [9.17, 15) is 9.00 Å². The van der Waals surface area contributed by atoms with E-state index < -0.39 is 10.8 Å². The Morgan fingerprint density at radius 1 is 1.24 bits per heavy atom. The lowest BCUT2D eigenvalue weighted by atomic mass is 10.1. The average molecular weight is 475 g/mol. The van der Waals surface area contributed by atoms with Crippen LogP contribution in [0.3, 0.4) is 0 Å². The van der Waals surface area contributed by atoms with Crippen LogP contribution in [-0.4, -0.2) is 54.0 Å². The van der Waals surface area contributed by atoms with Gasteiger partial charge in [-0.25, -0.2) is 9.97 Å². The molecule has 1 N–H and O–H groups in total. The van der Waals surface area contributed by atoms with Crippen molar-refractivity contribution in [3.63, 3.8) is 0 Å². The van der Waals surface area contributed by atoms with Crippen LogP contribution in [0.2, 0.25) is 0 Å². The van der Waals surface area contributed by atoms with E-state index in [1.165, 1.54) is 6.26 Å². The van der Waals surface area contributed by atoms with Crippen molar-refractivity contribution in [2.24, 2.45) is 5.92 Å². The van der Waals surface area contributed by atoms with Crippen LogP contribution < -0.4 is 5.32 Å². The normalized spacial score (nSPS) is 12.8. The molecule has 2 unspecified atom stereocenters. The largest absolute Gasteiger partial charge is 0.378 e. The summed E-state index contributed by atoms with van der Waals surface area (Å²) in [4.78, 5) is 20.0. The van der Waals surface area contributed by atoms with Gasteiger partial charge in [-0.2, -0.15) is 0 Å². The van der Waals surface area contributed by atoms with E-state index in [1.807, 2.05) is 6.20 Å². The van der Waals surface area contributed by atoms with Crippen molar-refractivity contribution in [1.82, 2.24) is 30.3 Å². The molecule has 33 heavy (non-hydrogen) atoms. The summed E-state index contributed by atoms with van der Waals surface area (Å²) >= 11 is 0. The summed E-state index contributed by atoms with van der Waals surface area (Å²) in [5.74, 6) is 6.55. The summed E-state index contributed by atoms with van der Waals surface area (Å²) in [6, 6.07) is 0. The zero-order valence-electron chi connectivity index (χ0n) is 19.9. The number of carbonyl (C=O) groups is 1. The molecule has 0 radical (unpaired) electrons. The highest BCUT2D eigenvalue weighted by molar-refractivity contribution is 7.84. The molecule has 2 aromatic rings. The molecule has 1 amide bonds. The van der Waals surface area contributed by atoms with Gasteiger partial charge in [0, 0.05) is 44.6 Å². The topological polar surface area (TPSA) is 112 Å². The second-order valence-corrected chi connectivity index (χ2v) is 9.54. The number of nitrogens with one attached hydrogen (secondary N) is 1. The summed E-state index contributed by atoms with van der Waals surface area (Å²) in [5, 5.41) is 11.4. The van der Waals surface area contributed by atoms with Gasteiger partial charge in [-0.1, -0.05) is 30.9 Å². The third-order valence-corrected chi connectivity index (χ3v) is 5.46. The Morgan fingerprint density at radius 2 is 2.00 bits per heavy atom. The first-order valence-corrected chi connectivity index (χ1v) is 12.8. The van der Waals surface area contributed by atoms with Gasteiger partial charge in [-0.3, -0.25) is 13.7 Å². The Labute approximate surface area is 198 Å². The van der Waals surface area contributed by atoms with Crippen LogP contribution in [0, 0.1) is 17.8 Å². The molecule has 0 aliphatic carbocycles. The Hall–Kier alpha value is -2.64. The van der Waals surface area contributed by atoms with E-state index >= 15 is 0 Å². The number of ether oxygens (including phenoxy) is 1. The highest BCUT2D eigenvalue weighted by Crippen LogP contribution is 2.05. The molecule has 0 aromatic carbocycles. The third kappa shape index (κ3) is 11.2. The van der Waals surface area contributed by atoms with Gasteiger partial charge in [0.2, 0.25) is 11.1 Å². The molecule has 0 aliphatic rings. The van der Waals surface area contributed by atoms with Crippen molar-refractivity contribution in [3.05, 3.63) is 29.8 Å². The van der Waals surface area contributed by atoms with Gasteiger partial charge in [0.25, 0.3) is 0 Å². The fourth-order valence-corrected chi connectivity index (χ4v) is 3.14. The molecule has 0 saturated carbocycles. The minimum Gasteiger partial charge on any atom is -0.378 e. The number of hydrogen-bond donors (Lipinski definition) is 1. The van der Waals surface area contributed by atoms with Gasteiger partial charge < -0.3 is 10.1 Å². The van der Waals surface area contributed by atoms with Crippen molar-refractivity contribution < 1.29 is 13.7 Å². The predicted octanol–water partition coefficient (Wildman–Crippen LogP) is 2.49. The molecule has 0 spiro atoms. The molecule has 0 bridgehead atoms. The van der Waals surface area contributed by atoms with Gasteiger partial charge in [0.05, 0.1) is 35.2 Å². The fraction of sp³-hybridized carbons (Fsp3) is 0.609. The maximum Gasteiger partial charge on any atom is 0.220 e. The Kier molecular flexibility index (Phi) is 11.7. The third-order valence-electron chi connectivity index (χ3n) is 4.74. The van der Waals surface area contributed by atoms with Crippen molar-refractivity contribution in [2.45, 2.75) is 77.2 Å². The lowest BCUT2D eigenvalue weighted by molar-refractivity contribution is -0.121. The summed E-state index contributed by atoms with van der Waals surface area (Å²) in [6.07, 6.45) is 10.2. The molecule has 2 rings (SSSR count). The number of amides is 1. The number of aromatic nitrogens is 5. The lowest BCUT2D eigenvalue weighted by Crippen LogP contribution is -2.22. The van der Waals surface area contributed by atoms with Crippen LogP contribution in [0.5, 0.6) is 0 Å². The second-order valence-electron chi connectivity index (χ2n) is 8.27. The van der Waals surface area contributed by atoms with Gasteiger partial charge in [-0.05, 0) is 32.1 Å². The van der Waals surface area contributed by atoms with E-state index in [-0.39, 0.29) is 17.2 Å². The monoisotopic (exact) mass is 474 g/mol. The van der Waals surface area contributed by atoms with Crippen LogP contribution in [0.4, 0.5) is 0 Å². The summed E-state index contributed by atoms with van der Waals surface area (Å²) in [7, 11) is -1.20. The highest BCUT2D eigenvalue weighted by Gasteiger charge is 2.07. The number of carbonyl (C=O) groups excluding carboxylic acids is 1.